The predicted molar refractivity (Wildman–Crippen MR) is 203 cm³/mol. The van der Waals surface area contributed by atoms with Gasteiger partial charge in [0.15, 0.2) is 0 Å². The molecule has 2 saturated carbocycles. The molecule has 2 heteroatoms. The van der Waals surface area contributed by atoms with Crippen LogP contribution in [0.25, 0.3) is 56.0 Å². The Hall–Kier alpha value is -3.58. The van der Waals surface area contributed by atoms with Gasteiger partial charge in [0.05, 0.1) is 0 Å². The van der Waals surface area contributed by atoms with E-state index < -0.39 is 25.8 Å². The molecule has 4 aliphatic rings. The topological polar surface area (TPSA) is 0 Å². The molecular weight excluding hydrogens is 672 g/mol. The first-order valence-corrected chi connectivity index (χ1v) is 27.0. The Balaban J connectivity index is 1.16. The van der Waals surface area contributed by atoms with Crippen LogP contribution < -0.4 is 0 Å². The quantitative estimate of drug-likeness (QED) is 0.151. The van der Waals surface area contributed by atoms with E-state index in [-0.39, 0.29) is 0 Å². The van der Waals surface area contributed by atoms with Crippen molar-refractivity contribution in [3.05, 3.63) is 155 Å². The Bertz CT molecular complexity index is 2220. The number of hydrogen-bond acceptors (Lipinski definition) is 0. The number of fused-ring (bicyclic) bond motifs is 4. The van der Waals surface area contributed by atoms with Gasteiger partial charge in [-0.1, -0.05) is 0 Å². The molecule has 48 heavy (non-hydrogen) atoms. The third kappa shape index (κ3) is 4.70. The van der Waals surface area contributed by atoms with Crippen LogP contribution in [0.15, 0.2) is 132 Å². The average molecular weight is 712 g/mol. The summed E-state index contributed by atoms with van der Waals surface area (Å²) in [5.41, 5.74) is 15.3. The summed E-state index contributed by atoms with van der Waals surface area (Å²) in [4.78, 5) is 0. The molecule has 0 radical (unpaired) electrons. The standard InChI is InChI=1S/2C22H17.C2H6Si.Zr/c2*1-2-8-19-16(5-1)6-3-9-20(19)21-10-4-7-17-13-18(14-22(17)21)15-11-12-15;1-3-2;/h2*1-10,13-15H,11-12H2;1-2H3;. The van der Waals surface area contributed by atoms with Gasteiger partial charge < -0.3 is 0 Å². The number of allylic oxidation sites excluding steroid dienone is 2. The summed E-state index contributed by atoms with van der Waals surface area (Å²) in [7, 11) is 0. The van der Waals surface area contributed by atoms with E-state index in [2.05, 4.69) is 147 Å². The van der Waals surface area contributed by atoms with Gasteiger partial charge in [0.1, 0.15) is 0 Å². The van der Waals surface area contributed by atoms with Crippen LogP contribution in [0, 0.1) is 11.8 Å². The molecular formula is C46H40SiZr. The summed E-state index contributed by atoms with van der Waals surface area (Å²) < 4.78 is 1.38. The van der Waals surface area contributed by atoms with Crippen molar-refractivity contribution in [3.63, 3.8) is 0 Å². The monoisotopic (exact) mass is 710 g/mol. The SMILES string of the molecule is C[Si](C)=[Zr]([CH]1C(C2CC2)=Cc2c(-c3cccc4ccccc34)cccc21)[CH]1C(C2CC2)=Cc2c(-c3cccc4ccccc34)cccc21. The van der Waals surface area contributed by atoms with Gasteiger partial charge in [0.25, 0.3) is 0 Å². The molecule has 2 atom stereocenters. The number of rotatable bonds is 6. The van der Waals surface area contributed by atoms with Crippen LogP contribution >= 0.6 is 0 Å². The van der Waals surface area contributed by atoms with Crippen molar-refractivity contribution in [2.75, 3.05) is 0 Å². The molecule has 0 aromatic heterocycles. The van der Waals surface area contributed by atoms with Crippen LogP contribution in [-0.4, -0.2) is 5.43 Å². The van der Waals surface area contributed by atoms with Crippen molar-refractivity contribution in [2.24, 2.45) is 11.8 Å². The van der Waals surface area contributed by atoms with Crippen molar-refractivity contribution in [1.82, 2.24) is 0 Å². The van der Waals surface area contributed by atoms with Gasteiger partial charge in [-0.15, -0.1) is 0 Å². The normalized spacial score (nSPS) is 19.6. The predicted octanol–water partition coefficient (Wildman–Crippen LogP) is 12.6. The Morgan fingerprint density at radius 1 is 0.458 bits per heavy atom. The second kappa shape index (κ2) is 11.5. The van der Waals surface area contributed by atoms with Gasteiger partial charge in [-0.2, -0.15) is 0 Å². The van der Waals surface area contributed by atoms with Crippen LogP contribution in [0.5, 0.6) is 0 Å². The number of hydrogen-bond donors (Lipinski definition) is 0. The van der Waals surface area contributed by atoms with Crippen molar-refractivity contribution < 1.29 is 20.4 Å². The van der Waals surface area contributed by atoms with E-state index in [0.29, 0.717) is 7.25 Å². The molecule has 0 bridgehead atoms. The van der Waals surface area contributed by atoms with Crippen LogP contribution in [-0.2, 0) is 20.4 Å². The zero-order chi connectivity index (χ0) is 31.9. The van der Waals surface area contributed by atoms with Crippen molar-refractivity contribution in [2.45, 2.75) is 46.0 Å². The van der Waals surface area contributed by atoms with Gasteiger partial charge in [0.2, 0.25) is 0 Å². The second-order valence-corrected chi connectivity index (χ2v) is 32.7. The van der Waals surface area contributed by atoms with Crippen LogP contribution in [0.4, 0.5) is 0 Å². The zero-order valence-corrected chi connectivity index (χ0v) is 31.3. The summed E-state index contributed by atoms with van der Waals surface area (Å²) >= 11 is -2.23. The zero-order valence-electron chi connectivity index (χ0n) is 27.8. The fourth-order valence-electron chi connectivity index (χ4n) is 9.22. The molecule has 0 aliphatic heterocycles. The van der Waals surface area contributed by atoms with Gasteiger partial charge in [0, 0.05) is 0 Å². The van der Waals surface area contributed by atoms with Crippen molar-refractivity contribution in [3.8, 4) is 22.3 Å². The Morgan fingerprint density at radius 3 is 1.29 bits per heavy atom. The molecule has 0 nitrogen and oxygen atoms in total. The fourth-order valence-corrected chi connectivity index (χ4v) is 29.7. The second-order valence-electron chi connectivity index (χ2n) is 14.8. The van der Waals surface area contributed by atoms with Crippen LogP contribution in [0.2, 0.25) is 13.1 Å². The van der Waals surface area contributed by atoms with E-state index in [4.69, 9.17) is 0 Å². The molecule has 4 aliphatic carbocycles. The molecule has 0 spiro atoms. The molecule has 2 fully saturated rings. The third-order valence-corrected chi connectivity index (χ3v) is 31.0. The maximum absolute atomic E-state index is 2.73. The first-order chi connectivity index (χ1) is 23.7. The molecule has 10 rings (SSSR count). The van der Waals surface area contributed by atoms with Crippen molar-refractivity contribution in [1.29, 1.82) is 0 Å². The maximum atomic E-state index is 2.73. The van der Waals surface area contributed by atoms with Crippen LogP contribution in [0.1, 0.15) is 55.2 Å². The fraction of sp³-hybridized carbons (Fsp3) is 0.217. The molecule has 0 amide bonds. The van der Waals surface area contributed by atoms with Crippen LogP contribution in [0.3, 0.4) is 0 Å². The first-order valence-electron chi connectivity index (χ1n) is 18.0. The van der Waals surface area contributed by atoms with E-state index in [1.807, 2.05) is 11.1 Å². The molecule has 2 unspecified atom stereocenters. The third-order valence-electron chi connectivity index (χ3n) is 11.6. The first kappa shape index (κ1) is 29.3. The molecule has 0 heterocycles. The van der Waals surface area contributed by atoms with E-state index >= 15 is 0 Å². The minimum absolute atomic E-state index is 0.505. The summed E-state index contributed by atoms with van der Waals surface area (Å²) in [6, 6.07) is 46.4. The van der Waals surface area contributed by atoms with E-state index in [9.17, 15) is 0 Å². The summed E-state index contributed by atoms with van der Waals surface area (Å²) in [5, 5.41) is 5.41. The molecule has 6 aromatic rings. The average Bonchev–Trinajstić information content (AvgIpc) is 4.07. The molecule has 0 N–H and O–H groups in total. The van der Waals surface area contributed by atoms with E-state index in [1.165, 1.54) is 69.5 Å². The minimum atomic E-state index is -2.23. The Labute approximate surface area is 292 Å². The van der Waals surface area contributed by atoms with E-state index in [0.717, 1.165) is 11.8 Å². The summed E-state index contributed by atoms with van der Waals surface area (Å²) in [6.07, 6.45) is 11.0. The molecule has 6 aromatic carbocycles. The Morgan fingerprint density at radius 2 is 0.854 bits per heavy atom. The molecule has 232 valence electrons. The number of benzene rings is 6. The summed E-state index contributed by atoms with van der Waals surface area (Å²) in [5.74, 6) is 1.58. The summed E-state index contributed by atoms with van der Waals surface area (Å²) in [6.45, 7) is 5.40. The Kier molecular flexibility index (Phi) is 7.03. The van der Waals surface area contributed by atoms with Gasteiger partial charge >= 0.3 is 294 Å². The van der Waals surface area contributed by atoms with Gasteiger partial charge in [-0.05, 0) is 0 Å². The van der Waals surface area contributed by atoms with E-state index in [1.54, 1.807) is 22.3 Å². The molecule has 0 saturated heterocycles. The van der Waals surface area contributed by atoms with Crippen molar-refractivity contribution >= 4 is 39.1 Å². The van der Waals surface area contributed by atoms with Gasteiger partial charge in [-0.3, -0.25) is 0 Å². The van der Waals surface area contributed by atoms with Gasteiger partial charge in [-0.25, -0.2) is 0 Å².